The van der Waals surface area contributed by atoms with Crippen molar-refractivity contribution in [2.75, 3.05) is 14.2 Å². The molecule has 1 N–H and O–H groups in total. The van der Waals surface area contributed by atoms with Gasteiger partial charge in [-0.2, -0.15) is 0 Å². The van der Waals surface area contributed by atoms with Crippen LogP contribution in [0.1, 0.15) is 21.5 Å². The van der Waals surface area contributed by atoms with Gasteiger partial charge in [0.15, 0.2) is 0 Å². The van der Waals surface area contributed by atoms with E-state index in [9.17, 15) is 4.79 Å². The van der Waals surface area contributed by atoms with Crippen LogP contribution in [0.4, 0.5) is 5.69 Å². The summed E-state index contributed by atoms with van der Waals surface area (Å²) in [5, 5.41) is 2.59. The van der Waals surface area contributed by atoms with Gasteiger partial charge in [0.25, 0.3) is 5.91 Å². The molecule has 0 aliphatic carbocycles. The van der Waals surface area contributed by atoms with E-state index in [1.54, 1.807) is 14.2 Å². The zero-order valence-electron chi connectivity index (χ0n) is 10.0. The molecule has 16 heavy (non-hydrogen) atoms. The number of ether oxygens (including phenoxy) is 1. The first-order valence-electron chi connectivity index (χ1n) is 4.93. The van der Waals surface area contributed by atoms with Crippen molar-refractivity contribution in [3.63, 3.8) is 0 Å². The first-order valence-corrected chi connectivity index (χ1v) is 4.93. The second-order valence-corrected chi connectivity index (χ2v) is 3.48. The number of hydrogen-bond donors (Lipinski definition) is 1. The lowest BCUT2D eigenvalue weighted by atomic mass is 10.0. The van der Waals surface area contributed by atoms with Gasteiger partial charge in [0.2, 0.25) is 0 Å². The van der Waals surface area contributed by atoms with Crippen LogP contribution in [0.15, 0.2) is 11.1 Å². The van der Waals surface area contributed by atoms with Crippen LogP contribution in [0.5, 0.6) is 5.75 Å². The first kappa shape index (κ1) is 12.2. The van der Waals surface area contributed by atoms with Gasteiger partial charge in [0.1, 0.15) is 5.75 Å². The summed E-state index contributed by atoms with van der Waals surface area (Å²) < 4.78 is 5.22. The largest absolute Gasteiger partial charge is 0.496 e. The minimum atomic E-state index is -0.179. The van der Waals surface area contributed by atoms with Crippen LogP contribution in [-0.2, 0) is 0 Å². The van der Waals surface area contributed by atoms with Gasteiger partial charge in [0, 0.05) is 12.6 Å². The Hall–Kier alpha value is -1.84. The SMILES string of the molecule is C=Nc1c(C)cc(OC)c(C)c1C(=O)NC. The molecule has 0 fully saturated rings. The lowest BCUT2D eigenvalue weighted by Crippen LogP contribution is -2.19. The Labute approximate surface area is 95.3 Å². The Morgan fingerprint density at radius 1 is 1.50 bits per heavy atom. The second kappa shape index (κ2) is 4.79. The van der Waals surface area contributed by atoms with Gasteiger partial charge in [-0.05, 0) is 32.2 Å². The monoisotopic (exact) mass is 220 g/mol. The van der Waals surface area contributed by atoms with Crippen molar-refractivity contribution in [3.05, 3.63) is 22.8 Å². The Kier molecular flexibility index (Phi) is 3.66. The van der Waals surface area contributed by atoms with Gasteiger partial charge < -0.3 is 10.1 Å². The molecular weight excluding hydrogens is 204 g/mol. The molecule has 0 bridgehead atoms. The van der Waals surface area contributed by atoms with Crippen molar-refractivity contribution in [2.45, 2.75) is 13.8 Å². The van der Waals surface area contributed by atoms with Crippen LogP contribution < -0.4 is 10.1 Å². The summed E-state index contributed by atoms with van der Waals surface area (Å²) in [6, 6.07) is 1.85. The molecule has 0 saturated carbocycles. The van der Waals surface area contributed by atoms with E-state index in [0.717, 1.165) is 11.1 Å². The molecule has 4 heteroatoms. The molecule has 0 saturated heterocycles. The smallest absolute Gasteiger partial charge is 0.253 e. The van der Waals surface area contributed by atoms with E-state index in [4.69, 9.17) is 4.74 Å². The maximum Gasteiger partial charge on any atom is 0.253 e. The minimum absolute atomic E-state index is 0.179. The molecule has 1 rings (SSSR count). The molecule has 0 aliphatic rings. The number of hydrogen-bond acceptors (Lipinski definition) is 3. The average Bonchev–Trinajstić information content (AvgIpc) is 2.29. The van der Waals surface area contributed by atoms with Crippen molar-refractivity contribution in [1.82, 2.24) is 5.32 Å². The van der Waals surface area contributed by atoms with Gasteiger partial charge >= 0.3 is 0 Å². The van der Waals surface area contributed by atoms with Crippen molar-refractivity contribution < 1.29 is 9.53 Å². The maximum atomic E-state index is 11.8. The number of nitrogens with zero attached hydrogens (tertiary/aromatic N) is 1. The van der Waals surface area contributed by atoms with E-state index in [2.05, 4.69) is 17.0 Å². The Balaban J connectivity index is 3.58. The van der Waals surface area contributed by atoms with Crippen LogP contribution in [-0.4, -0.2) is 26.8 Å². The van der Waals surface area contributed by atoms with Gasteiger partial charge in [-0.3, -0.25) is 9.79 Å². The van der Waals surface area contributed by atoms with Crippen LogP contribution in [0.3, 0.4) is 0 Å². The van der Waals surface area contributed by atoms with Gasteiger partial charge in [-0.25, -0.2) is 0 Å². The standard InChI is InChI=1S/C12H16N2O2/c1-7-6-9(16-5)8(2)10(11(7)13-3)12(15)14-4/h6H,3H2,1-2,4-5H3,(H,14,15). The predicted molar refractivity (Wildman–Crippen MR) is 65.1 cm³/mol. The van der Waals surface area contributed by atoms with E-state index in [-0.39, 0.29) is 5.91 Å². The number of rotatable bonds is 3. The number of benzene rings is 1. The number of amides is 1. The Morgan fingerprint density at radius 2 is 2.12 bits per heavy atom. The Morgan fingerprint density at radius 3 is 2.56 bits per heavy atom. The third kappa shape index (κ3) is 1.91. The quantitative estimate of drug-likeness (QED) is 0.792. The fraction of sp³-hybridized carbons (Fsp3) is 0.333. The highest BCUT2D eigenvalue weighted by Crippen LogP contribution is 2.33. The summed E-state index contributed by atoms with van der Waals surface area (Å²) in [5.41, 5.74) is 2.78. The zero-order valence-corrected chi connectivity index (χ0v) is 10.0. The highest BCUT2D eigenvalue weighted by molar-refractivity contribution is 6.01. The number of aryl methyl sites for hydroxylation is 1. The van der Waals surface area contributed by atoms with Crippen molar-refractivity contribution >= 4 is 18.3 Å². The van der Waals surface area contributed by atoms with E-state index in [1.807, 2.05) is 19.9 Å². The molecular formula is C12H16N2O2. The number of methoxy groups -OCH3 is 1. The summed E-state index contributed by atoms with van der Waals surface area (Å²) in [5.74, 6) is 0.505. The molecule has 0 heterocycles. The molecule has 0 atom stereocenters. The summed E-state index contributed by atoms with van der Waals surface area (Å²) in [4.78, 5) is 15.7. The molecule has 86 valence electrons. The van der Waals surface area contributed by atoms with Crippen LogP contribution in [0, 0.1) is 13.8 Å². The van der Waals surface area contributed by atoms with Gasteiger partial charge in [0.05, 0.1) is 18.4 Å². The molecule has 1 aromatic carbocycles. The normalized spacial score (nSPS) is 9.75. The molecule has 1 aromatic rings. The van der Waals surface area contributed by atoms with Gasteiger partial charge in [-0.15, -0.1) is 0 Å². The molecule has 0 unspecified atom stereocenters. The lowest BCUT2D eigenvalue weighted by molar-refractivity contribution is 0.0962. The molecule has 0 spiro atoms. The summed E-state index contributed by atoms with van der Waals surface area (Å²) in [7, 11) is 3.17. The first-order chi connectivity index (χ1) is 7.56. The van der Waals surface area contributed by atoms with Gasteiger partial charge in [-0.1, -0.05) is 0 Å². The van der Waals surface area contributed by atoms with Crippen molar-refractivity contribution in [3.8, 4) is 5.75 Å². The summed E-state index contributed by atoms with van der Waals surface area (Å²) in [6.07, 6.45) is 0. The lowest BCUT2D eigenvalue weighted by Gasteiger charge is -2.14. The topological polar surface area (TPSA) is 50.7 Å². The maximum absolute atomic E-state index is 11.8. The van der Waals surface area contributed by atoms with E-state index in [1.165, 1.54) is 0 Å². The van der Waals surface area contributed by atoms with E-state index >= 15 is 0 Å². The third-order valence-corrected chi connectivity index (χ3v) is 2.53. The molecule has 4 nitrogen and oxygen atoms in total. The number of carbonyl (C=O) groups excluding carboxylic acids is 1. The zero-order chi connectivity index (χ0) is 12.3. The average molecular weight is 220 g/mol. The van der Waals surface area contributed by atoms with Crippen molar-refractivity contribution in [2.24, 2.45) is 4.99 Å². The number of nitrogens with one attached hydrogen (secondary N) is 1. The minimum Gasteiger partial charge on any atom is -0.496 e. The fourth-order valence-corrected chi connectivity index (χ4v) is 1.69. The summed E-state index contributed by atoms with van der Waals surface area (Å²) in [6.45, 7) is 7.20. The van der Waals surface area contributed by atoms with E-state index in [0.29, 0.717) is 17.0 Å². The van der Waals surface area contributed by atoms with Crippen molar-refractivity contribution in [1.29, 1.82) is 0 Å². The number of aliphatic imine (C=N–C) groups is 1. The highest BCUT2D eigenvalue weighted by Gasteiger charge is 2.18. The highest BCUT2D eigenvalue weighted by atomic mass is 16.5. The number of carbonyl (C=O) groups is 1. The second-order valence-electron chi connectivity index (χ2n) is 3.48. The Bertz CT molecular complexity index is 439. The molecule has 0 radical (unpaired) electrons. The molecule has 0 aliphatic heterocycles. The predicted octanol–water partition coefficient (Wildman–Crippen LogP) is 2.00. The molecule has 0 aromatic heterocycles. The fourth-order valence-electron chi connectivity index (χ4n) is 1.69. The summed E-state index contributed by atoms with van der Waals surface area (Å²) >= 11 is 0. The van der Waals surface area contributed by atoms with Crippen LogP contribution >= 0.6 is 0 Å². The van der Waals surface area contributed by atoms with Crippen LogP contribution in [0.25, 0.3) is 0 Å². The van der Waals surface area contributed by atoms with E-state index < -0.39 is 0 Å². The van der Waals surface area contributed by atoms with Crippen LogP contribution in [0.2, 0.25) is 0 Å². The third-order valence-electron chi connectivity index (χ3n) is 2.53. The molecule has 1 amide bonds.